The third kappa shape index (κ3) is 5.37. The average Bonchev–Trinajstić information content (AvgIpc) is 2.71. The Balaban J connectivity index is 2.62. The van der Waals surface area contributed by atoms with Gasteiger partial charge in [0.25, 0.3) is 0 Å². The second-order valence-electron chi connectivity index (χ2n) is 6.87. The van der Waals surface area contributed by atoms with Crippen molar-refractivity contribution in [2.45, 2.75) is 66.2 Å². The predicted molar refractivity (Wildman–Crippen MR) is 81.1 cm³/mol. The van der Waals surface area contributed by atoms with Gasteiger partial charge in [0, 0.05) is 23.7 Å². The molecule has 1 atom stereocenters. The lowest BCUT2D eigenvalue weighted by Crippen LogP contribution is -2.36. The van der Waals surface area contributed by atoms with Crippen LogP contribution in [0.2, 0.25) is 0 Å². The van der Waals surface area contributed by atoms with E-state index in [1.54, 1.807) is 6.26 Å². The molecule has 1 unspecified atom stereocenters. The van der Waals surface area contributed by atoms with Crippen molar-refractivity contribution in [3.8, 4) is 0 Å². The summed E-state index contributed by atoms with van der Waals surface area (Å²) in [5.41, 5.74) is 1.40. The molecule has 1 aromatic heterocycles. The summed E-state index contributed by atoms with van der Waals surface area (Å²) in [4.78, 5) is 2.39. The van der Waals surface area contributed by atoms with Crippen molar-refractivity contribution in [3.63, 3.8) is 0 Å². The van der Waals surface area contributed by atoms with Gasteiger partial charge < -0.3 is 9.73 Å². The molecule has 19 heavy (non-hydrogen) atoms. The van der Waals surface area contributed by atoms with Crippen LogP contribution in [0.5, 0.6) is 0 Å². The molecule has 0 aromatic carbocycles. The molecule has 0 amide bonds. The first-order valence-corrected chi connectivity index (χ1v) is 7.21. The summed E-state index contributed by atoms with van der Waals surface area (Å²) >= 11 is 0. The molecule has 1 N–H and O–H groups in total. The molecule has 3 nitrogen and oxygen atoms in total. The SMILES string of the molecule is CC(C)C(C)N(C)Cc1ccoc1CNC(C)(C)C. The first kappa shape index (κ1) is 16.3. The lowest BCUT2D eigenvalue weighted by Gasteiger charge is -2.28. The van der Waals surface area contributed by atoms with Crippen LogP contribution >= 0.6 is 0 Å². The van der Waals surface area contributed by atoms with Gasteiger partial charge in [-0.05, 0) is 46.7 Å². The highest BCUT2D eigenvalue weighted by Gasteiger charge is 2.17. The molecule has 110 valence electrons. The van der Waals surface area contributed by atoms with Crippen molar-refractivity contribution in [3.05, 3.63) is 23.7 Å². The molecule has 0 saturated carbocycles. The molecule has 0 aliphatic rings. The standard InChI is InChI=1S/C16H30N2O/c1-12(2)13(3)18(7)11-14-8-9-19-15(14)10-17-16(4,5)6/h8-9,12-13,17H,10-11H2,1-7H3. The van der Waals surface area contributed by atoms with Crippen LogP contribution in [0.25, 0.3) is 0 Å². The van der Waals surface area contributed by atoms with Crippen molar-refractivity contribution in [1.82, 2.24) is 10.2 Å². The quantitative estimate of drug-likeness (QED) is 0.852. The molecule has 0 aliphatic heterocycles. The smallest absolute Gasteiger partial charge is 0.122 e. The third-order valence-electron chi connectivity index (χ3n) is 3.70. The van der Waals surface area contributed by atoms with Crippen molar-refractivity contribution in [1.29, 1.82) is 0 Å². The van der Waals surface area contributed by atoms with E-state index >= 15 is 0 Å². The molecule has 0 radical (unpaired) electrons. The number of nitrogens with one attached hydrogen (secondary N) is 1. The Morgan fingerprint density at radius 2 is 1.89 bits per heavy atom. The maximum Gasteiger partial charge on any atom is 0.122 e. The lowest BCUT2D eigenvalue weighted by molar-refractivity contribution is 0.199. The van der Waals surface area contributed by atoms with Crippen LogP contribution in [-0.4, -0.2) is 23.5 Å². The summed E-state index contributed by atoms with van der Waals surface area (Å²) in [6.45, 7) is 15.0. The molecule has 0 fully saturated rings. The van der Waals surface area contributed by atoms with Gasteiger partial charge in [0.1, 0.15) is 5.76 Å². The molecule has 3 heteroatoms. The van der Waals surface area contributed by atoms with Crippen molar-refractivity contribution >= 4 is 0 Å². The average molecular weight is 266 g/mol. The van der Waals surface area contributed by atoms with Crippen molar-refractivity contribution < 1.29 is 4.42 Å². The van der Waals surface area contributed by atoms with E-state index < -0.39 is 0 Å². The zero-order valence-corrected chi connectivity index (χ0v) is 13.6. The number of furan rings is 1. The maximum atomic E-state index is 5.61. The molecular weight excluding hydrogens is 236 g/mol. The Labute approximate surface area is 118 Å². The fraction of sp³-hybridized carbons (Fsp3) is 0.750. The van der Waals surface area contributed by atoms with E-state index in [1.165, 1.54) is 5.56 Å². The van der Waals surface area contributed by atoms with Gasteiger partial charge in [-0.15, -0.1) is 0 Å². The lowest BCUT2D eigenvalue weighted by atomic mass is 10.0. The van der Waals surface area contributed by atoms with Crippen LogP contribution < -0.4 is 5.32 Å². The molecule has 0 spiro atoms. The Bertz CT molecular complexity index is 376. The molecular formula is C16H30N2O. The van der Waals surface area contributed by atoms with Crippen LogP contribution in [0.4, 0.5) is 0 Å². The number of hydrogen-bond donors (Lipinski definition) is 1. The van der Waals surface area contributed by atoms with Crippen LogP contribution in [0.15, 0.2) is 16.7 Å². The summed E-state index contributed by atoms with van der Waals surface area (Å²) in [5, 5.41) is 3.48. The molecule has 0 saturated heterocycles. The largest absolute Gasteiger partial charge is 0.468 e. The molecule has 1 heterocycles. The second kappa shape index (κ2) is 6.58. The Kier molecular flexibility index (Phi) is 5.63. The van der Waals surface area contributed by atoms with Crippen LogP contribution in [0, 0.1) is 5.92 Å². The summed E-state index contributed by atoms with van der Waals surface area (Å²) in [6.07, 6.45) is 1.79. The van der Waals surface area contributed by atoms with Gasteiger partial charge >= 0.3 is 0 Å². The summed E-state index contributed by atoms with van der Waals surface area (Å²) in [5.74, 6) is 1.71. The van der Waals surface area contributed by atoms with E-state index in [0.29, 0.717) is 12.0 Å². The highest BCUT2D eigenvalue weighted by Crippen LogP contribution is 2.17. The maximum absolute atomic E-state index is 5.61. The normalized spacial score (nSPS) is 14.4. The van der Waals surface area contributed by atoms with Gasteiger partial charge in [0.2, 0.25) is 0 Å². The monoisotopic (exact) mass is 266 g/mol. The first-order valence-electron chi connectivity index (χ1n) is 7.21. The van der Waals surface area contributed by atoms with Gasteiger partial charge in [-0.1, -0.05) is 13.8 Å². The Morgan fingerprint density at radius 1 is 1.26 bits per heavy atom. The Morgan fingerprint density at radius 3 is 2.42 bits per heavy atom. The summed E-state index contributed by atoms with van der Waals surface area (Å²) in [6, 6.07) is 2.65. The minimum atomic E-state index is 0.112. The van der Waals surface area contributed by atoms with Crippen molar-refractivity contribution in [2.24, 2.45) is 5.92 Å². The highest BCUT2D eigenvalue weighted by molar-refractivity contribution is 5.17. The predicted octanol–water partition coefficient (Wildman–Crippen LogP) is 3.64. The van der Waals surface area contributed by atoms with E-state index in [2.05, 4.69) is 64.9 Å². The van der Waals surface area contributed by atoms with Gasteiger partial charge in [0.15, 0.2) is 0 Å². The zero-order chi connectivity index (χ0) is 14.6. The summed E-state index contributed by atoms with van der Waals surface area (Å²) < 4.78 is 5.61. The summed E-state index contributed by atoms with van der Waals surface area (Å²) in [7, 11) is 2.18. The highest BCUT2D eigenvalue weighted by atomic mass is 16.3. The first-order chi connectivity index (χ1) is 8.70. The number of hydrogen-bond acceptors (Lipinski definition) is 3. The number of rotatable bonds is 6. The van der Waals surface area contributed by atoms with E-state index in [-0.39, 0.29) is 5.54 Å². The third-order valence-corrected chi connectivity index (χ3v) is 3.70. The van der Waals surface area contributed by atoms with Gasteiger partial charge in [-0.25, -0.2) is 0 Å². The fourth-order valence-corrected chi connectivity index (χ4v) is 1.93. The Hall–Kier alpha value is -0.800. The fourth-order valence-electron chi connectivity index (χ4n) is 1.93. The second-order valence-corrected chi connectivity index (χ2v) is 6.87. The molecule has 1 rings (SSSR count). The van der Waals surface area contributed by atoms with Crippen LogP contribution in [0.1, 0.15) is 52.9 Å². The minimum Gasteiger partial charge on any atom is -0.468 e. The van der Waals surface area contributed by atoms with Crippen LogP contribution in [-0.2, 0) is 13.1 Å². The van der Waals surface area contributed by atoms with E-state index in [0.717, 1.165) is 18.8 Å². The molecule has 0 bridgehead atoms. The number of nitrogens with zero attached hydrogens (tertiary/aromatic N) is 1. The van der Waals surface area contributed by atoms with E-state index in [1.807, 2.05) is 0 Å². The van der Waals surface area contributed by atoms with Crippen molar-refractivity contribution in [2.75, 3.05) is 7.05 Å². The zero-order valence-electron chi connectivity index (χ0n) is 13.6. The van der Waals surface area contributed by atoms with Gasteiger partial charge in [-0.2, -0.15) is 0 Å². The minimum absolute atomic E-state index is 0.112. The molecule has 1 aromatic rings. The molecule has 0 aliphatic carbocycles. The topological polar surface area (TPSA) is 28.4 Å². The van der Waals surface area contributed by atoms with Gasteiger partial charge in [-0.3, -0.25) is 4.90 Å². The van der Waals surface area contributed by atoms with E-state index in [9.17, 15) is 0 Å². The van der Waals surface area contributed by atoms with Gasteiger partial charge in [0.05, 0.1) is 12.8 Å². The van der Waals surface area contributed by atoms with E-state index in [4.69, 9.17) is 4.42 Å². The van der Waals surface area contributed by atoms with Crippen LogP contribution in [0.3, 0.4) is 0 Å².